The molecule has 25 heavy (non-hydrogen) atoms. The summed E-state index contributed by atoms with van der Waals surface area (Å²) in [5.74, 6) is 0. The van der Waals surface area contributed by atoms with Crippen molar-refractivity contribution in [3.8, 4) is 0 Å². The SMILES string of the molecule is O.O.O.O.O.O.O.O.O.O.O.O.O=P([O-])([O-])[O-].O=P([O-])([O-])[O-].[Zn+2].[Zn+2].[Zn+2]. The van der Waals surface area contributed by atoms with Crippen molar-refractivity contribution in [2.45, 2.75) is 0 Å². The molecule has 0 aliphatic carbocycles. The fourth-order valence-corrected chi connectivity index (χ4v) is 0. The third kappa shape index (κ3) is 5510. The van der Waals surface area contributed by atoms with E-state index in [4.69, 9.17) is 38.5 Å². The zero-order valence-corrected chi connectivity index (χ0v) is 23.0. The molecule has 0 aromatic heterocycles. The van der Waals surface area contributed by atoms with Gasteiger partial charge in [0.2, 0.25) is 0 Å². The van der Waals surface area contributed by atoms with Crippen LogP contribution in [0.2, 0.25) is 0 Å². The van der Waals surface area contributed by atoms with Crippen LogP contribution in [0.25, 0.3) is 0 Å². The maximum Gasteiger partial charge on any atom is 2.00 e. The fourth-order valence-electron chi connectivity index (χ4n) is 0. The van der Waals surface area contributed by atoms with Gasteiger partial charge in [-0.05, 0) is 0 Å². The largest absolute Gasteiger partial charge is 2.00 e. The van der Waals surface area contributed by atoms with E-state index in [1.165, 1.54) is 0 Å². The van der Waals surface area contributed by atoms with Crippen LogP contribution in [-0.4, -0.2) is 65.7 Å². The van der Waals surface area contributed by atoms with E-state index in [-0.39, 0.29) is 124 Å². The topological polar surface area (TPSA) is 550 Å². The van der Waals surface area contributed by atoms with E-state index in [0.29, 0.717) is 0 Å². The van der Waals surface area contributed by atoms with Crippen molar-refractivity contribution in [1.82, 2.24) is 0 Å². The third-order valence-electron chi connectivity index (χ3n) is 0. The van der Waals surface area contributed by atoms with E-state index < -0.39 is 15.6 Å². The first kappa shape index (κ1) is 189. The van der Waals surface area contributed by atoms with E-state index in [0.717, 1.165) is 0 Å². The quantitative estimate of drug-likeness (QED) is 0.189. The molecule has 0 aliphatic heterocycles. The predicted octanol–water partition coefficient (Wildman–Crippen LogP) is -15.6. The number of hydrogen-bond acceptors (Lipinski definition) is 8. The van der Waals surface area contributed by atoms with Gasteiger partial charge in [0.1, 0.15) is 0 Å². The van der Waals surface area contributed by atoms with Crippen molar-refractivity contribution >= 4 is 15.6 Å². The zero-order chi connectivity index (χ0) is 9.00. The van der Waals surface area contributed by atoms with Crippen molar-refractivity contribution in [3.05, 3.63) is 0 Å². The summed E-state index contributed by atoms with van der Waals surface area (Å²) >= 11 is 0. The summed E-state index contributed by atoms with van der Waals surface area (Å²) in [6, 6.07) is 0. The molecular formula is H24O20P2Zn3. The minimum atomic E-state index is -5.39. The van der Waals surface area contributed by atoms with Crippen LogP contribution in [0.15, 0.2) is 0 Å². The van der Waals surface area contributed by atoms with Gasteiger partial charge in [-0.1, -0.05) is 0 Å². The molecule has 0 saturated heterocycles. The number of phosphoric acid groups is 2. The smallest absolute Gasteiger partial charge is 0.822 e. The van der Waals surface area contributed by atoms with Gasteiger partial charge in [-0.15, -0.1) is 0 Å². The molecule has 0 rings (SSSR count). The van der Waals surface area contributed by atoms with E-state index in [1.807, 2.05) is 0 Å². The third-order valence-corrected chi connectivity index (χ3v) is 0. The summed E-state index contributed by atoms with van der Waals surface area (Å²) in [7, 11) is -10.8. The Balaban J connectivity index is -0.00000000213. The molecule has 0 spiro atoms. The molecule has 0 fully saturated rings. The molecule has 0 aromatic rings. The Hall–Kier alpha value is 1.61. The van der Waals surface area contributed by atoms with Gasteiger partial charge in [0.15, 0.2) is 0 Å². The molecule has 25 heteroatoms. The molecular weight excluding hydrogens is 578 g/mol. The molecule has 0 unspecified atom stereocenters. The molecule has 0 radical (unpaired) electrons. The van der Waals surface area contributed by atoms with Gasteiger partial charge in [0.05, 0.1) is 0 Å². The van der Waals surface area contributed by atoms with Gasteiger partial charge in [0.25, 0.3) is 0 Å². The van der Waals surface area contributed by atoms with Gasteiger partial charge >= 0.3 is 58.4 Å². The van der Waals surface area contributed by atoms with Crippen LogP contribution in [0, 0.1) is 0 Å². The average Bonchev–Trinajstić information content (AvgIpc) is 1.12. The second-order valence-corrected chi connectivity index (χ2v) is 2.68. The number of hydrogen-bond donors (Lipinski definition) is 0. The summed E-state index contributed by atoms with van der Waals surface area (Å²) in [5.41, 5.74) is 0. The van der Waals surface area contributed by atoms with Gasteiger partial charge in [-0.2, -0.15) is 15.6 Å². The molecule has 0 saturated carbocycles. The van der Waals surface area contributed by atoms with Crippen molar-refractivity contribution in [3.63, 3.8) is 0 Å². The second kappa shape index (κ2) is 83.7. The van der Waals surface area contributed by atoms with Gasteiger partial charge in [-0.25, -0.2) is 0 Å². The first-order chi connectivity index (χ1) is 4.00. The Morgan fingerprint density at radius 3 is 0.320 bits per heavy atom. The van der Waals surface area contributed by atoms with Crippen LogP contribution in [0.3, 0.4) is 0 Å². The maximum atomic E-state index is 8.55. The molecule has 0 heterocycles. The van der Waals surface area contributed by atoms with E-state index in [9.17, 15) is 0 Å². The summed E-state index contributed by atoms with van der Waals surface area (Å²) in [6.07, 6.45) is 0. The zero-order valence-electron chi connectivity index (χ0n) is 12.3. The van der Waals surface area contributed by atoms with Crippen LogP contribution >= 0.6 is 15.6 Å². The van der Waals surface area contributed by atoms with E-state index in [2.05, 4.69) is 0 Å². The Kier molecular flexibility index (Phi) is 633. The summed E-state index contributed by atoms with van der Waals surface area (Å²) < 4.78 is 17.1. The number of rotatable bonds is 0. The Morgan fingerprint density at radius 2 is 0.320 bits per heavy atom. The Morgan fingerprint density at radius 1 is 0.320 bits per heavy atom. The van der Waals surface area contributed by atoms with Crippen molar-refractivity contribution in [2.24, 2.45) is 0 Å². The molecule has 0 aromatic carbocycles. The standard InChI is InChI=1S/2H3O4P.12H2O.3Zn/c2*1-5(2,3)4;;;;;;;;;;;;;;;/h2*(H3,1,2,3,4);12*1H2;;;/q;;;;;;;;;;;;;;3*+2/p-6. The first-order valence-corrected chi connectivity index (χ1v) is 4.38. The second-order valence-electron chi connectivity index (χ2n) is 0.894. The van der Waals surface area contributed by atoms with Crippen molar-refractivity contribution < 1.29 is 163 Å². The Labute approximate surface area is 178 Å². The molecule has 0 atom stereocenters. The molecule has 160 valence electrons. The fraction of sp³-hybridized carbons (Fsp3) is 0. The van der Waals surface area contributed by atoms with E-state index >= 15 is 0 Å². The molecule has 20 nitrogen and oxygen atoms in total. The molecule has 0 bridgehead atoms. The van der Waals surface area contributed by atoms with Crippen LogP contribution in [-0.2, 0) is 67.6 Å². The molecule has 0 aliphatic rings. The minimum Gasteiger partial charge on any atom is -0.822 e. The molecule has 0 amide bonds. The summed E-state index contributed by atoms with van der Waals surface area (Å²) in [6.45, 7) is 0. The summed E-state index contributed by atoms with van der Waals surface area (Å²) in [4.78, 5) is 51.3. The van der Waals surface area contributed by atoms with Crippen LogP contribution in [0.4, 0.5) is 0 Å². The van der Waals surface area contributed by atoms with E-state index in [1.54, 1.807) is 0 Å². The normalized spacial score (nSPS) is 4.72. The summed E-state index contributed by atoms with van der Waals surface area (Å²) in [5, 5.41) is 0. The first-order valence-electron chi connectivity index (χ1n) is 1.46. The van der Waals surface area contributed by atoms with Gasteiger partial charge in [-0.3, -0.25) is 0 Å². The average molecular weight is 602 g/mol. The van der Waals surface area contributed by atoms with Crippen LogP contribution in [0.5, 0.6) is 0 Å². The predicted molar refractivity (Wildman–Crippen MR) is 58.6 cm³/mol. The van der Waals surface area contributed by atoms with Gasteiger partial charge < -0.3 is 104 Å². The maximum absolute atomic E-state index is 8.55. The minimum absolute atomic E-state index is 0. The molecule has 24 N–H and O–H groups in total. The van der Waals surface area contributed by atoms with Gasteiger partial charge in [0, 0.05) is 0 Å². The van der Waals surface area contributed by atoms with Crippen molar-refractivity contribution in [2.75, 3.05) is 0 Å². The van der Waals surface area contributed by atoms with Crippen molar-refractivity contribution in [1.29, 1.82) is 0 Å². The van der Waals surface area contributed by atoms with Crippen LogP contribution < -0.4 is 29.4 Å². The van der Waals surface area contributed by atoms with Crippen LogP contribution in [0.1, 0.15) is 0 Å². The monoisotopic (exact) mass is 598 g/mol. The Bertz CT molecular complexity index is 135.